The molecule has 0 aliphatic carbocycles. The van der Waals surface area contributed by atoms with Crippen LogP contribution in [-0.4, -0.2) is 23.5 Å². The van der Waals surface area contributed by atoms with Crippen LogP contribution in [0, 0.1) is 13.8 Å². The van der Waals surface area contributed by atoms with Crippen molar-refractivity contribution in [3.05, 3.63) is 29.3 Å². The first-order chi connectivity index (χ1) is 6.52. The van der Waals surface area contributed by atoms with Gasteiger partial charge in [-0.05, 0) is 26.2 Å². The Balaban J connectivity index is 0.000000500. The molecule has 14 heavy (non-hydrogen) atoms. The summed E-state index contributed by atoms with van der Waals surface area (Å²) in [6.45, 7) is 5.28. The topological polar surface area (TPSA) is 57.5 Å². The van der Waals surface area contributed by atoms with Crippen molar-refractivity contribution in [1.29, 1.82) is 0 Å². The van der Waals surface area contributed by atoms with Crippen LogP contribution in [0.25, 0.3) is 0 Å². The summed E-state index contributed by atoms with van der Waals surface area (Å²) < 4.78 is 0. The van der Waals surface area contributed by atoms with Gasteiger partial charge in [0, 0.05) is 0 Å². The number of hydrogen-bond acceptors (Lipinski definition) is 3. The Morgan fingerprint density at radius 1 is 1.29 bits per heavy atom. The molecule has 3 nitrogen and oxygen atoms in total. The van der Waals surface area contributed by atoms with Crippen LogP contribution < -0.4 is 5.46 Å². The molecule has 0 unspecified atom stereocenters. The maximum Gasteiger partial charge on any atom is 0.488 e. The summed E-state index contributed by atoms with van der Waals surface area (Å²) in [5.41, 5.74) is 2.63. The van der Waals surface area contributed by atoms with E-state index in [0.29, 0.717) is 5.46 Å². The second kappa shape index (κ2) is 6.35. The highest BCUT2D eigenvalue weighted by Gasteiger charge is 2.12. The molecule has 0 bridgehead atoms. The molecule has 1 aromatic carbocycles. The van der Waals surface area contributed by atoms with Crippen LogP contribution in [0.2, 0.25) is 0 Å². The van der Waals surface area contributed by atoms with Crippen molar-refractivity contribution in [3.63, 3.8) is 0 Å². The highest BCUT2D eigenvalue weighted by Crippen LogP contribution is 1.99. The Kier molecular flexibility index (Phi) is 5.84. The predicted molar refractivity (Wildman–Crippen MR) is 57.5 cm³/mol. The van der Waals surface area contributed by atoms with Gasteiger partial charge < -0.3 is 14.8 Å². The number of benzene rings is 1. The van der Waals surface area contributed by atoms with E-state index in [1.54, 1.807) is 6.07 Å². The first kappa shape index (κ1) is 12.9. The van der Waals surface area contributed by atoms with Crippen molar-refractivity contribution in [2.24, 2.45) is 0 Å². The highest BCUT2D eigenvalue weighted by molar-refractivity contribution is 6.59. The Labute approximate surface area is 84.5 Å². The third-order valence-electron chi connectivity index (χ3n) is 1.70. The van der Waals surface area contributed by atoms with E-state index in [1.807, 2.05) is 26.0 Å². The van der Waals surface area contributed by atoms with Gasteiger partial charge in [0.15, 0.2) is 0 Å². The minimum absolute atomic E-state index is 0.579. The molecule has 0 saturated carbocycles. The lowest BCUT2D eigenvalue weighted by Crippen LogP contribution is -2.31. The molecule has 1 aromatic rings. The molecule has 0 radical (unpaired) electrons. The molecule has 0 aromatic heterocycles. The van der Waals surface area contributed by atoms with E-state index in [2.05, 4.69) is 0 Å². The van der Waals surface area contributed by atoms with Crippen molar-refractivity contribution in [3.8, 4) is 0 Å². The largest absolute Gasteiger partial charge is 0.488 e. The third kappa shape index (κ3) is 4.21. The van der Waals surface area contributed by atoms with E-state index in [1.165, 1.54) is 6.92 Å². The molecule has 0 saturated heterocycles. The maximum atomic E-state index is 8.85. The molecule has 1 rings (SSSR count). The molecular formula is C10H15BO3. The van der Waals surface area contributed by atoms with Crippen LogP contribution in [0.3, 0.4) is 0 Å². The van der Waals surface area contributed by atoms with Crippen LogP contribution in [0.1, 0.15) is 18.1 Å². The fourth-order valence-electron chi connectivity index (χ4n) is 1.12. The average molecular weight is 194 g/mol. The summed E-state index contributed by atoms with van der Waals surface area (Å²) in [5.74, 6) is 0. The third-order valence-corrected chi connectivity index (χ3v) is 1.70. The van der Waals surface area contributed by atoms with Crippen molar-refractivity contribution in [1.82, 2.24) is 0 Å². The van der Waals surface area contributed by atoms with E-state index < -0.39 is 7.12 Å². The van der Waals surface area contributed by atoms with Crippen molar-refractivity contribution < 1.29 is 14.8 Å². The van der Waals surface area contributed by atoms with Gasteiger partial charge in [0.1, 0.15) is 6.29 Å². The maximum absolute atomic E-state index is 8.85. The predicted octanol–water partition coefficient (Wildman–Crippen LogP) is 0.188. The normalized spacial score (nSPS) is 8.64. The first-order valence-corrected chi connectivity index (χ1v) is 4.36. The zero-order chi connectivity index (χ0) is 11.1. The molecule has 0 heterocycles. The molecule has 0 fully saturated rings. The molecular weight excluding hydrogens is 179 g/mol. The Bertz CT molecular complexity index is 297. The fourth-order valence-corrected chi connectivity index (χ4v) is 1.12. The molecule has 0 aliphatic heterocycles. The highest BCUT2D eigenvalue weighted by atomic mass is 16.4. The van der Waals surface area contributed by atoms with Crippen LogP contribution in [0.15, 0.2) is 18.2 Å². The number of aryl methyl sites for hydroxylation is 2. The second-order valence-corrected chi connectivity index (χ2v) is 2.97. The standard InChI is InChI=1S/C8H11BO2.C2H4O/c1-6-3-4-8(9(10)11)7(2)5-6;1-2-3/h3-5,10-11H,1-2H3;2H,1H3. The van der Waals surface area contributed by atoms with E-state index in [4.69, 9.17) is 14.8 Å². The Morgan fingerprint density at radius 3 is 2.14 bits per heavy atom. The van der Waals surface area contributed by atoms with Gasteiger partial charge >= 0.3 is 7.12 Å². The summed E-state index contributed by atoms with van der Waals surface area (Å²) in [7, 11) is -1.35. The lowest BCUT2D eigenvalue weighted by Gasteiger charge is -2.04. The van der Waals surface area contributed by atoms with Gasteiger partial charge in [-0.15, -0.1) is 0 Å². The molecule has 0 amide bonds. The molecule has 2 N–H and O–H groups in total. The van der Waals surface area contributed by atoms with E-state index in [9.17, 15) is 0 Å². The van der Waals surface area contributed by atoms with E-state index in [0.717, 1.165) is 17.4 Å². The summed E-state index contributed by atoms with van der Waals surface area (Å²) in [6, 6.07) is 5.52. The van der Waals surface area contributed by atoms with Crippen molar-refractivity contribution in [2.45, 2.75) is 20.8 Å². The van der Waals surface area contributed by atoms with E-state index in [-0.39, 0.29) is 0 Å². The summed E-state index contributed by atoms with van der Waals surface area (Å²) in [6.07, 6.45) is 0.750. The first-order valence-electron chi connectivity index (χ1n) is 4.36. The van der Waals surface area contributed by atoms with Gasteiger partial charge in [0.05, 0.1) is 0 Å². The average Bonchev–Trinajstić information content (AvgIpc) is 2.04. The minimum Gasteiger partial charge on any atom is -0.423 e. The van der Waals surface area contributed by atoms with Gasteiger partial charge in [0.25, 0.3) is 0 Å². The van der Waals surface area contributed by atoms with Crippen LogP contribution in [-0.2, 0) is 4.79 Å². The number of carbonyl (C=O) groups excluding carboxylic acids is 1. The zero-order valence-electron chi connectivity index (χ0n) is 8.69. The molecule has 76 valence electrons. The number of carbonyl (C=O) groups is 1. The number of aldehydes is 1. The molecule has 4 heteroatoms. The Morgan fingerprint density at radius 2 is 1.79 bits per heavy atom. The number of rotatable bonds is 1. The van der Waals surface area contributed by atoms with Gasteiger partial charge in [-0.1, -0.05) is 29.3 Å². The molecule has 0 atom stereocenters. The van der Waals surface area contributed by atoms with Crippen LogP contribution in [0.4, 0.5) is 0 Å². The quantitative estimate of drug-likeness (QED) is 0.495. The molecule has 0 aliphatic rings. The zero-order valence-corrected chi connectivity index (χ0v) is 8.69. The summed E-state index contributed by atoms with van der Waals surface area (Å²) in [4.78, 5) is 8.81. The van der Waals surface area contributed by atoms with Crippen molar-refractivity contribution >= 4 is 18.9 Å². The molecule has 0 spiro atoms. The lowest BCUT2D eigenvalue weighted by atomic mass is 9.77. The van der Waals surface area contributed by atoms with Gasteiger partial charge in [-0.2, -0.15) is 0 Å². The number of hydrogen-bond donors (Lipinski definition) is 2. The minimum atomic E-state index is -1.35. The second-order valence-electron chi connectivity index (χ2n) is 2.97. The fraction of sp³-hybridized carbons (Fsp3) is 0.300. The van der Waals surface area contributed by atoms with Gasteiger partial charge in [0.2, 0.25) is 0 Å². The Hall–Kier alpha value is -1.13. The monoisotopic (exact) mass is 194 g/mol. The van der Waals surface area contributed by atoms with Gasteiger partial charge in [-0.25, -0.2) is 0 Å². The SMILES string of the molecule is CC=O.Cc1ccc(B(O)O)c(C)c1. The summed E-state index contributed by atoms with van der Waals surface area (Å²) >= 11 is 0. The van der Waals surface area contributed by atoms with E-state index >= 15 is 0 Å². The lowest BCUT2D eigenvalue weighted by molar-refractivity contribution is -0.106. The van der Waals surface area contributed by atoms with Gasteiger partial charge in [-0.3, -0.25) is 0 Å². The summed E-state index contributed by atoms with van der Waals surface area (Å²) in [5, 5.41) is 17.7. The smallest absolute Gasteiger partial charge is 0.423 e. The van der Waals surface area contributed by atoms with Crippen LogP contribution >= 0.6 is 0 Å². The van der Waals surface area contributed by atoms with Crippen molar-refractivity contribution in [2.75, 3.05) is 0 Å². The van der Waals surface area contributed by atoms with Crippen LogP contribution in [0.5, 0.6) is 0 Å².